The van der Waals surface area contributed by atoms with Crippen LogP contribution in [0.15, 0.2) is 200 Å². The molecule has 9 aromatic carbocycles. The lowest BCUT2D eigenvalue weighted by molar-refractivity contribution is 0.563. The van der Waals surface area contributed by atoms with E-state index in [9.17, 15) is 0 Å². The Morgan fingerprint density at radius 3 is 1.67 bits per heavy atom. The Hall–Kier alpha value is -6.78. The standard InChI is InChI=1S/C58H39NS2/c1-57(2)45-20-7-9-22-47(45)58(48-23-10-8-21-46(48)57)44-19-6-3-15-39(44)40-34-31-37(35-49(40)58)36-29-32-38(33-30-36)59(50-24-14-28-54-55(50)43-17-5-12-27-53(43)60-54)51-25-13-18-42-41-16-4-11-26-52(41)61-56(42)51/h3-35H,1-2H3. The van der Waals surface area contributed by atoms with Crippen LogP contribution in [0.3, 0.4) is 0 Å². The fourth-order valence-electron chi connectivity index (χ4n) is 11.1. The fourth-order valence-corrected chi connectivity index (χ4v) is 13.4. The summed E-state index contributed by atoms with van der Waals surface area (Å²) in [5, 5.41) is 5.20. The molecule has 0 aliphatic heterocycles. The van der Waals surface area contributed by atoms with Crippen LogP contribution in [-0.2, 0) is 10.8 Å². The Morgan fingerprint density at radius 2 is 0.918 bits per heavy atom. The summed E-state index contributed by atoms with van der Waals surface area (Å²) in [5.41, 5.74) is 16.3. The van der Waals surface area contributed by atoms with Gasteiger partial charge in [-0.1, -0.05) is 166 Å². The summed E-state index contributed by atoms with van der Waals surface area (Å²) in [7, 11) is 0. The van der Waals surface area contributed by atoms with Crippen LogP contribution >= 0.6 is 22.7 Å². The first-order valence-electron chi connectivity index (χ1n) is 21.2. The summed E-state index contributed by atoms with van der Waals surface area (Å²) in [5.74, 6) is 0. The van der Waals surface area contributed by atoms with Crippen LogP contribution in [0.2, 0.25) is 0 Å². The molecule has 0 N–H and O–H groups in total. The molecule has 2 heterocycles. The van der Waals surface area contributed by atoms with Gasteiger partial charge in [-0.25, -0.2) is 0 Å². The summed E-state index contributed by atoms with van der Waals surface area (Å²) in [6, 6.07) is 75.4. The molecular weight excluding hydrogens is 775 g/mol. The Morgan fingerprint density at radius 1 is 0.377 bits per heavy atom. The summed E-state index contributed by atoms with van der Waals surface area (Å²) in [6.45, 7) is 4.78. The zero-order valence-electron chi connectivity index (χ0n) is 33.8. The molecule has 0 saturated carbocycles. The van der Waals surface area contributed by atoms with Gasteiger partial charge in [0.05, 0.1) is 21.5 Å². The van der Waals surface area contributed by atoms with Gasteiger partial charge in [-0.3, -0.25) is 0 Å². The Labute approximate surface area is 363 Å². The highest BCUT2D eigenvalue weighted by Gasteiger charge is 2.53. The van der Waals surface area contributed by atoms with E-state index in [0.717, 1.165) is 5.69 Å². The monoisotopic (exact) mass is 813 g/mol. The van der Waals surface area contributed by atoms with Crippen molar-refractivity contribution in [3.05, 3.63) is 234 Å². The predicted molar refractivity (Wildman–Crippen MR) is 262 cm³/mol. The molecule has 11 aromatic rings. The molecule has 2 aliphatic rings. The van der Waals surface area contributed by atoms with E-state index >= 15 is 0 Å². The highest BCUT2D eigenvalue weighted by atomic mass is 32.1. The van der Waals surface area contributed by atoms with Crippen molar-refractivity contribution >= 4 is 80.1 Å². The number of rotatable bonds is 4. The van der Waals surface area contributed by atoms with E-state index in [1.807, 2.05) is 22.7 Å². The van der Waals surface area contributed by atoms with Crippen molar-refractivity contribution < 1.29 is 0 Å². The molecule has 288 valence electrons. The van der Waals surface area contributed by atoms with Crippen molar-refractivity contribution in [2.75, 3.05) is 4.90 Å². The first kappa shape index (κ1) is 35.0. The predicted octanol–water partition coefficient (Wildman–Crippen LogP) is 16.6. The number of hydrogen-bond acceptors (Lipinski definition) is 3. The van der Waals surface area contributed by atoms with Gasteiger partial charge in [0.2, 0.25) is 0 Å². The molecule has 0 saturated heterocycles. The summed E-state index contributed by atoms with van der Waals surface area (Å²) < 4.78 is 5.21. The zero-order valence-corrected chi connectivity index (χ0v) is 35.4. The van der Waals surface area contributed by atoms with Crippen LogP contribution in [-0.4, -0.2) is 0 Å². The Bertz CT molecular complexity index is 3530. The Kier molecular flexibility index (Phi) is 7.38. The lowest BCUT2D eigenvalue weighted by Gasteiger charge is -2.46. The van der Waals surface area contributed by atoms with E-state index in [4.69, 9.17) is 0 Å². The smallest absolute Gasteiger partial charge is 0.0719 e. The van der Waals surface area contributed by atoms with Crippen LogP contribution in [0, 0.1) is 0 Å². The van der Waals surface area contributed by atoms with Gasteiger partial charge in [0.25, 0.3) is 0 Å². The molecule has 0 unspecified atom stereocenters. The molecule has 3 heteroatoms. The molecule has 0 atom stereocenters. The molecule has 2 aromatic heterocycles. The molecular formula is C58H39NS2. The quantitative estimate of drug-likeness (QED) is 0.171. The van der Waals surface area contributed by atoms with Gasteiger partial charge < -0.3 is 4.90 Å². The highest BCUT2D eigenvalue weighted by Crippen LogP contribution is 2.62. The molecule has 1 spiro atoms. The molecule has 2 aliphatic carbocycles. The van der Waals surface area contributed by atoms with Crippen molar-refractivity contribution in [2.24, 2.45) is 0 Å². The van der Waals surface area contributed by atoms with Gasteiger partial charge in [-0.05, 0) is 104 Å². The maximum absolute atomic E-state index is 2.51. The number of anilines is 3. The first-order chi connectivity index (χ1) is 30.0. The Balaban J connectivity index is 1.01. The minimum absolute atomic E-state index is 0.130. The third-order valence-electron chi connectivity index (χ3n) is 13.8. The van der Waals surface area contributed by atoms with Crippen LogP contribution in [0.1, 0.15) is 47.2 Å². The van der Waals surface area contributed by atoms with Gasteiger partial charge in [-0.2, -0.15) is 0 Å². The lowest BCUT2D eigenvalue weighted by Crippen LogP contribution is -2.40. The third kappa shape index (κ3) is 4.76. The van der Waals surface area contributed by atoms with E-state index < -0.39 is 5.41 Å². The number of benzene rings is 9. The van der Waals surface area contributed by atoms with E-state index in [-0.39, 0.29) is 5.41 Å². The molecule has 0 fully saturated rings. The number of nitrogens with zero attached hydrogens (tertiary/aromatic N) is 1. The molecule has 13 rings (SSSR count). The average molecular weight is 814 g/mol. The minimum atomic E-state index is -0.424. The fraction of sp³-hybridized carbons (Fsp3) is 0.0690. The third-order valence-corrected chi connectivity index (χ3v) is 16.1. The van der Waals surface area contributed by atoms with Crippen LogP contribution in [0.5, 0.6) is 0 Å². The first-order valence-corrected chi connectivity index (χ1v) is 22.8. The van der Waals surface area contributed by atoms with Gasteiger partial charge in [-0.15, -0.1) is 22.7 Å². The summed E-state index contributed by atoms with van der Waals surface area (Å²) >= 11 is 3.76. The average Bonchev–Trinajstić information content (AvgIpc) is 3.98. The summed E-state index contributed by atoms with van der Waals surface area (Å²) in [6.07, 6.45) is 0. The van der Waals surface area contributed by atoms with E-state index in [0.29, 0.717) is 0 Å². The van der Waals surface area contributed by atoms with Crippen molar-refractivity contribution in [3.8, 4) is 22.3 Å². The number of thiophene rings is 2. The lowest BCUT2D eigenvalue weighted by atomic mass is 9.55. The molecule has 0 amide bonds. The van der Waals surface area contributed by atoms with Crippen LogP contribution < -0.4 is 4.90 Å². The maximum Gasteiger partial charge on any atom is 0.0719 e. The second-order valence-electron chi connectivity index (χ2n) is 17.2. The largest absolute Gasteiger partial charge is 0.308 e. The second-order valence-corrected chi connectivity index (χ2v) is 19.3. The van der Waals surface area contributed by atoms with Gasteiger partial charge >= 0.3 is 0 Å². The normalized spacial score (nSPS) is 14.3. The van der Waals surface area contributed by atoms with Gasteiger partial charge in [0.1, 0.15) is 0 Å². The van der Waals surface area contributed by atoms with Gasteiger partial charge in [0, 0.05) is 46.7 Å². The maximum atomic E-state index is 2.51. The van der Waals surface area contributed by atoms with Gasteiger partial charge in [0.15, 0.2) is 0 Å². The van der Waals surface area contributed by atoms with Crippen molar-refractivity contribution in [3.63, 3.8) is 0 Å². The highest BCUT2D eigenvalue weighted by molar-refractivity contribution is 7.26. The van der Waals surface area contributed by atoms with E-state index in [1.165, 1.54) is 107 Å². The van der Waals surface area contributed by atoms with E-state index in [2.05, 4.69) is 219 Å². The van der Waals surface area contributed by atoms with Crippen molar-refractivity contribution in [2.45, 2.75) is 24.7 Å². The molecule has 1 nitrogen and oxygen atoms in total. The van der Waals surface area contributed by atoms with Crippen LogP contribution in [0.25, 0.3) is 62.6 Å². The van der Waals surface area contributed by atoms with Crippen LogP contribution in [0.4, 0.5) is 17.1 Å². The zero-order chi connectivity index (χ0) is 40.5. The second kappa shape index (κ2) is 12.9. The topological polar surface area (TPSA) is 3.24 Å². The molecule has 0 bridgehead atoms. The number of hydrogen-bond donors (Lipinski definition) is 0. The van der Waals surface area contributed by atoms with E-state index in [1.54, 1.807) is 0 Å². The minimum Gasteiger partial charge on any atom is -0.308 e. The van der Waals surface area contributed by atoms with Crippen molar-refractivity contribution in [1.82, 2.24) is 0 Å². The SMILES string of the molecule is CC1(C)c2ccccc2C2(c3ccccc3-c3ccc(-c4ccc(N(c5cccc6c5sc5ccccc56)c5cccc6sc7ccccc7c56)cc4)cc32)c2ccccc21. The number of fused-ring (bicyclic) bond motifs is 15. The molecule has 61 heavy (non-hydrogen) atoms. The molecule has 0 radical (unpaired) electrons. The van der Waals surface area contributed by atoms with Crippen molar-refractivity contribution in [1.29, 1.82) is 0 Å². The summed E-state index contributed by atoms with van der Waals surface area (Å²) in [4.78, 5) is 2.51.